The monoisotopic (exact) mass is 372 g/mol. The Morgan fingerprint density at radius 2 is 2.12 bits per heavy atom. The van der Waals surface area contributed by atoms with E-state index in [4.69, 9.17) is 9.15 Å². The van der Waals surface area contributed by atoms with Crippen LogP contribution in [0, 0.1) is 10.1 Å². The maximum absolute atomic E-state index is 10.7. The van der Waals surface area contributed by atoms with Gasteiger partial charge in [-0.3, -0.25) is 15.1 Å². The molecule has 2 aromatic heterocycles. The number of nitrogens with zero attached hydrogens (tertiary/aromatic N) is 4. The van der Waals surface area contributed by atoms with E-state index in [2.05, 4.69) is 10.1 Å². The van der Waals surface area contributed by atoms with Gasteiger partial charge in [-0.1, -0.05) is 30.3 Å². The molecule has 9 heteroatoms. The molecule has 3 aromatic rings. The number of hydrogen-bond acceptors (Lipinski definition) is 7. The van der Waals surface area contributed by atoms with E-state index in [-0.39, 0.29) is 11.6 Å². The van der Waals surface area contributed by atoms with Crippen molar-refractivity contribution in [1.82, 2.24) is 4.68 Å². The molecule has 0 saturated carbocycles. The second kappa shape index (κ2) is 8.37. The Morgan fingerprint density at radius 3 is 2.81 bits per heavy atom. The van der Waals surface area contributed by atoms with E-state index < -0.39 is 4.92 Å². The molecule has 0 aliphatic heterocycles. The van der Waals surface area contributed by atoms with Gasteiger partial charge in [0.1, 0.15) is 4.92 Å². The topological polar surface area (TPSA) is 95.2 Å². The van der Waals surface area contributed by atoms with E-state index in [1.54, 1.807) is 11.8 Å². The Bertz CT molecular complexity index is 972. The molecular formula is C17H16N4O4S. The minimum atomic E-state index is -0.587. The summed E-state index contributed by atoms with van der Waals surface area (Å²) in [5.41, 5.74) is 1.85. The predicted molar refractivity (Wildman–Crippen MR) is 98.4 cm³/mol. The summed E-state index contributed by atoms with van der Waals surface area (Å²) in [6.07, 6.45) is 1.43. The van der Waals surface area contributed by atoms with Gasteiger partial charge in [-0.15, -0.1) is 11.3 Å². The predicted octanol–water partition coefficient (Wildman–Crippen LogP) is 3.15. The molecule has 0 aliphatic carbocycles. The lowest BCUT2D eigenvalue weighted by atomic mass is 10.2. The van der Waals surface area contributed by atoms with Crippen molar-refractivity contribution in [2.45, 2.75) is 0 Å². The molecule has 0 unspecified atom stereocenters. The van der Waals surface area contributed by atoms with E-state index in [0.717, 1.165) is 11.3 Å². The number of thiazole rings is 1. The molecule has 2 heterocycles. The van der Waals surface area contributed by atoms with Gasteiger partial charge in [0.2, 0.25) is 4.80 Å². The minimum absolute atomic E-state index is 0.289. The molecular weight excluding hydrogens is 356 g/mol. The van der Waals surface area contributed by atoms with Crippen LogP contribution in [0.5, 0.6) is 0 Å². The van der Waals surface area contributed by atoms with Crippen LogP contribution < -0.4 is 4.80 Å². The highest BCUT2D eigenvalue weighted by Gasteiger charge is 2.11. The molecule has 0 radical (unpaired) electrons. The average Bonchev–Trinajstić information content (AvgIpc) is 3.28. The second-order valence-electron chi connectivity index (χ2n) is 5.13. The summed E-state index contributed by atoms with van der Waals surface area (Å²) in [5, 5.41) is 17.1. The fourth-order valence-corrected chi connectivity index (χ4v) is 3.05. The first-order chi connectivity index (χ1) is 12.7. The Kier molecular flexibility index (Phi) is 5.72. The van der Waals surface area contributed by atoms with Gasteiger partial charge in [-0.2, -0.15) is 5.10 Å². The van der Waals surface area contributed by atoms with Crippen LogP contribution in [0.25, 0.3) is 11.3 Å². The lowest BCUT2D eigenvalue weighted by molar-refractivity contribution is -0.402. The van der Waals surface area contributed by atoms with E-state index in [9.17, 15) is 10.1 Å². The molecule has 134 valence electrons. The average molecular weight is 372 g/mol. The van der Waals surface area contributed by atoms with Crippen molar-refractivity contribution in [3.8, 4) is 11.3 Å². The fourth-order valence-electron chi connectivity index (χ4n) is 2.18. The van der Waals surface area contributed by atoms with Crippen LogP contribution in [-0.4, -0.2) is 36.1 Å². The summed E-state index contributed by atoms with van der Waals surface area (Å²) in [6, 6.07) is 12.6. The number of furan rings is 1. The zero-order valence-corrected chi connectivity index (χ0v) is 14.8. The molecule has 0 amide bonds. The number of rotatable bonds is 7. The van der Waals surface area contributed by atoms with Gasteiger partial charge >= 0.3 is 5.88 Å². The summed E-state index contributed by atoms with van der Waals surface area (Å²) in [6.45, 7) is 1.01. The molecule has 0 spiro atoms. The Balaban J connectivity index is 1.99. The Hall–Kier alpha value is -3.04. The lowest BCUT2D eigenvalue weighted by Crippen LogP contribution is -2.13. The molecule has 0 bridgehead atoms. The normalized spacial score (nSPS) is 12.1. The minimum Gasteiger partial charge on any atom is -0.400 e. The van der Waals surface area contributed by atoms with E-state index in [1.807, 2.05) is 35.7 Å². The van der Waals surface area contributed by atoms with Crippen molar-refractivity contribution < 1.29 is 14.1 Å². The second-order valence-corrected chi connectivity index (χ2v) is 5.97. The summed E-state index contributed by atoms with van der Waals surface area (Å²) in [7, 11) is 1.62. The van der Waals surface area contributed by atoms with Crippen LogP contribution in [0.1, 0.15) is 5.76 Å². The Morgan fingerprint density at radius 1 is 1.31 bits per heavy atom. The Labute approximate surface area is 152 Å². The van der Waals surface area contributed by atoms with Gasteiger partial charge in [0.05, 0.1) is 31.1 Å². The van der Waals surface area contributed by atoms with Crippen LogP contribution in [-0.2, 0) is 4.74 Å². The van der Waals surface area contributed by atoms with E-state index in [1.165, 1.54) is 29.7 Å². The first kappa shape index (κ1) is 17.8. The molecule has 0 aliphatic rings. The molecule has 8 nitrogen and oxygen atoms in total. The van der Waals surface area contributed by atoms with Crippen molar-refractivity contribution in [2.24, 2.45) is 10.1 Å². The number of hydrogen-bond donors (Lipinski definition) is 0. The van der Waals surface area contributed by atoms with Crippen LogP contribution in [0.4, 0.5) is 5.88 Å². The summed E-state index contributed by atoms with van der Waals surface area (Å²) >= 11 is 1.45. The van der Waals surface area contributed by atoms with Crippen molar-refractivity contribution in [2.75, 3.05) is 20.3 Å². The number of nitro groups is 1. The van der Waals surface area contributed by atoms with Gasteiger partial charge in [-0.25, -0.2) is 4.68 Å². The fraction of sp³-hybridized carbons (Fsp3) is 0.176. The molecule has 26 heavy (non-hydrogen) atoms. The van der Waals surface area contributed by atoms with Gasteiger partial charge in [0.25, 0.3) is 0 Å². The van der Waals surface area contributed by atoms with Crippen LogP contribution in [0.2, 0.25) is 0 Å². The van der Waals surface area contributed by atoms with Crippen molar-refractivity contribution >= 4 is 23.4 Å². The van der Waals surface area contributed by atoms with Gasteiger partial charge in [-0.05, 0) is 6.07 Å². The molecule has 0 atom stereocenters. The highest BCUT2D eigenvalue weighted by molar-refractivity contribution is 7.07. The highest BCUT2D eigenvalue weighted by atomic mass is 32.1. The van der Waals surface area contributed by atoms with Crippen LogP contribution in [0.3, 0.4) is 0 Å². The third-order valence-corrected chi connectivity index (χ3v) is 4.24. The van der Waals surface area contributed by atoms with Gasteiger partial charge in [0, 0.05) is 18.1 Å². The molecule has 0 saturated heterocycles. The third kappa shape index (κ3) is 4.13. The first-order valence-corrected chi connectivity index (χ1v) is 8.61. The summed E-state index contributed by atoms with van der Waals surface area (Å²) < 4.78 is 11.8. The van der Waals surface area contributed by atoms with Crippen LogP contribution >= 0.6 is 11.3 Å². The SMILES string of the molecule is COCCN=c1scc(-c2ccccc2)n1/N=C\c1ccc([N+](=O)[O-])o1. The zero-order valence-electron chi connectivity index (χ0n) is 13.9. The van der Waals surface area contributed by atoms with Crippen LogP contribution in [0.15, 0.2) is 62.4 Å². The maximum Gasteiger partial charge on any atom is 0.433 e. The first-order valence-electron chi connectivity index (χ1n) is 7.73. The van der Waals surface area contributed by atoms with Gasteiger partial charge < -0.3 is 9.15 Å². The standard InChI is InChI=1S/C17H16N4O4S/c1-24-10-9-18-17-20(15(12-26-17)13-5-3-2-4-6-13)19-11-14-7-8-16(25-14)21(22)23/h2-8,11-12H,9-10H2,1H3/b18-17?,19-11-. The molecule has 3 rings (SSSR count). The molecule has 0 N–H and O–H groups in total. The summed E-state index contributed by atoms with van der Waals surface area (Å²) in [5.74, 6) is -0.0349. The molecule has 1 aromatic carbocycles. The third-order valence-electron chi connectivity index (χ3n) is 3.39. The zero-order chi connectivity index (χ0) is 18.4. The quantitative estimate of drug-likeness (QED) is 0.275. The van der Waals surface area contributed by atoms with Gasteiger partial charge in [0.15, 0.2) is 5.76 Å². The van der Waals surface area contributed by atoms with E-state index in [0.29, 0.717) is 18.0 Å². The number of benzene rings is 1. The maximum atomic E-state index is 10.7. The highest BCUT2D eigenvalue weighted by Crippen LogP contribution is 2.20. The van der Waals surface area contributed by atoms with Crippen molar-refractivity contribution in [3.63, 3.8) is 0 Å². The number of aromatic nitrogens is 1. The van der Waals surface area contributed by atoms with Crippen molar-refractivity contribution in [3.05, 3.63) is 68.5 Å². The molecule has 0 fully saturated rings. The largest absolute Gasteiger partial charge is 0.433 e. The number of methoxy groups -OCH3 is 1. The lowest BCUT2D eigenvalue weighted by Gasteiger charge is -2.02. The smallest absolute Gasteiger partial charge is 0.400 e. The number of ether oxygens (including phenoxy) is 1. The summed E-state index contributed by atoms with van der Waals surface area (Å²) in [4.78, 5) is 15.3. The van der Waals surface area contributed by atoms with E-state index >= 15 is 0 Å². The van der Waals surface area contributed by atoms with Crippen molar-refractivity contribution in [1.29, 1.82) is 0 Å².